The third-order valence-electron chi connectivity index (χ3n) is 3.77. The molecule has 0 saturated carbocycles. The molecule has 3 rings (SSSR count). The van der Waals surface area contributed by atoms with Crippen LogP contribution in [-0.4, -0.2) is 29.5 Å². The molecule has 1 fully saturated rings. The van der Waals surface area contributed by atoms with Crippen molar-refractivity contribution in [3.63, 3.8) is 0 Å². The third-order valence-corrected chi connectivity index (χ3v) is 3.77. The van der Waals surface area contributed by atoms with E-state index in [2.05, 4.69) is 34.7 Å². The SMILES string of the molecule is c1cc(Cn2cccn2)cc(NCC2CCOCC2)c1. The van der Waals surface area contributed by atoms with Crippen molar-refractivity contribution in [2.24, 2.45) is 5.92 Å². The maximum atomic E-state index is 5.39. The summed E-state index contributed by atoms with van der Waals surface area (Å²) in [7, 11) is 0. The Hall–Kier alpha value is -1.81. The highest BCUT2D eigenvalue weighted by Gasteiger charge is 2.13. The van der Waals surface area contributed by atoms with Gasteiger partial charge in [0.2, 0.25) is 0 Å². The second-order valence-corrected chi connectivity index (χ2v) is 5.34. The molecule has 4 nitrogen and oxygen atoms in total. The van der Waals surface area contributed by atoms with E-state index in [4.69, 9.17) is 4.74 Å². The Bertz CT molecular complexity index is 518. The normalized spacial score (nSPS) is 16.2. The summed E-state index contributed by atoms with van der Waals surface area (Å²) in [6.07, 6.45) is 6.13. The second-order valence-electron chi connectivity index (χ2n) is 5.34. The van der Waals surface area contributed by atoms with Gasteiger partial charge in [0, 0.05) is 37.8 Å². The molecule has 2 heterocycles. The fourth-order valence-electron chi connectivity index (χ4n) is 2.57. The molecular formula is C16H21N3O. The first-order valence-corrected chi connectivity index (χ1v) is 7.28. The number of rotatable bonds is 5. The maximum Gasteiger partial charge on any atom is 0.0660 e. The van der Waals surface area contributed by atoms with Crippen LogP contribution in [0.3, 0.4) is 0 Å². The van der Waals surface area contributed by atoms with Crippen LogP contribution in [0.1, 0.15) is 18.4 Å². The van der Waals surface area contributed by atoms with Crippen LogP contribution < -0.4 is 5.32 Å². The van der Waals surface area contributed by atoms with Gasteiger partial charge >= 0.3 is 0 Å². The van der Waals surface area contributed by atoms with Crippen LogP contribution in [0.2, 0.25) is 0 Å². The Morgan fingerprint density at radius 1 is 1.25 bits per heavy atom. The number of hydrogen-bond donors (Lipinski definition) is 1. The fourth-order valence-corrected chi connectivity index (χ4v) is 2.57. The highest BCUT2D eigenvalue weighted by Crippen LogP contribution is 2.17. The summed E-state index contributed by atoms with van der Waals surface area (Å²) < 4.78 is 7.33. The van der Waals surface area contributed by atoms with Crippen molar-refractivity contribution < 1.29 is 4.74 Å². The average molecular weight is 271 g/mol. The summed E-state index contributed by atoms with van der Waals surface area (Å²) in [5, 5.41) is 7.79. The minimum Gasteiger partial charge on any atom is -0.385 e. The molecule has 0 bridgehead atoms. The molecule has 1 N–H and O–H groups in total. The monoisotopic (exact) mass is 271 g/mol. The van der Waals surface area contributed by atoms with Crippen molar-refractivity contribution >= 4 is 5.69 Å². The fraction of sp³-hybridized carbons (Fsp3) is 0.438. The maximum absolute atomic E-state index is 5.39. The zero-order valence-corrected chi connectivity index (χ0v) is 11.7. The van der Waals surface area contributed by atoms with Gasteiger partial charge in [-0.1, -0.05) is 12.1 Å². The van der Waals surface area contributed by atoms with Crippen LogP contribution in [0.25, 0.3) is 0 Å². The van der Waals surface area contributed by atoms with Gasteiger partial charge in [-0.25, -0.2) is 0 Å². The molecule has 0 radical (unpaired) electrons. The van der Waals surface area contributed by atoms with Gasteiger partial charge in [0.1, 0.15) is 0 Å². The molecular weight excluding hydrogens is 250 g/mol. The molecule has 0 spiro atoms. The first kappa shape index (κ1) is 13.2. The Kier molecular flexibility index (Phi) is 4.33. The first-order valence-electron chi connectivity index (χ1n) is 7.28. The van der Waals surface area contributed by atoms with Crippen LogP contribution in [0.4, 0.5) is 5.69 Å². The molecule has 20 heavy (non-hydrogen) atoms. The highest BCUT2D eigenvalue weighted by molar-refractivity contribution is 5.45. The van der Waals surface area contributed by atoms with Crippen molar-refractivity contribution in [2.45, 2.75) is 19.4 Å². The predicted molar refractivity (Wildman–Crippen MR) is 79.8 cm³/mol. The van der Waals surface area contributed by atoms with E-state index >= 15 is 0 Å². The van der Waals surface area contributed by atoms with Crippen LogP contribution in [0.5, 0.6) is 0 Å². The van der Waals surface area contributed by atoms with Gasteiger partial charge in [0.25, 0.3) is 0 Å². The second kappa shape index (κ2) is 6.57. The standard InChI is InChI=1S/C16H21N3O/c1-3-15(13-19-8-2-7-18-19)11-16(4-1)17-12-14-5-9-20-10-6-14/h1-4,7-8,11,14,17H,5-6,9-10,12-13H2. The van der Waals surface area contributed by atoms with Crippen LogP contribution in [0, 0.1) is 5.92 Å². The Labute approximate surface area is 119 Å². The molecule has 0 amide bonds. The van der Waals surface area contributed by atoms with Crippen LogP contribution in [-0.2, 0) is 11.3 Å². The number of ether oxygens (including phenoxy) is 1. The largest absolute Gasteiger partial charge is 0.385 e. The number of hydrogen-bond acceptors (Lipinski definition) is 3. The van der Waals surface area contributed by atoms with E-state index in [1.165, 1.54) is 24.1 Å². The smallest absolute Gasteiger partial charge is 0.0660 e. The third kappa shape index (κ3) is 3.61. The predicted octanol–water partition coefficient (Wildman–Crippen LogP) is 2.77. The number of nitrogens with one attached hydrogen (secondary N) is 1. The van der Waals surface area contributed by atoms with Crippen molar-refractivity contribution in [2.75, 3.05) is 25.1 Å². The number of nitrogens with zero attached hydrogens (tertiary/aromatic N) is 2. The van der Waals surface area contributed by atoms with Gasteiger partial charge < -0.3 is 10.1 Å². The van der Waals surface area contributed by atoms with Gasteiger partial charge in [-0.15, -0.1) is 0 Å². The number of aromatic nitrogens is 2. The van der Waals surface area contributed by atoms with Crippen molar-refractivity contribution in [3.8, 4) is 0 Å². The molecule has 1 saturated heterocycles. The Balaban J connectivity index is 1.56. The summed E-state index contributed by atoms with van der Waals surface area (Å²) in [6.45, 7) is 3.67. The lowest BCUT2D eigenvalue weighted by atomic mass is 10.0. The molecule has 4 heteroatoms. The van der Waals surface area contributed by atoms with Crippen molar-refractivity contribution in [1.29, 1.82) is 0 Å². The van der Waals surface area contributed by atoms with E-state index in [0.29, 0.717) is 0 Å². The zero-order chi connectivity index (χ0) is 13.6. The molecule has 1 aliphatic heterocycles. The number of anilines is 1. The molecule has 1 aromatic carbocycles. The lowest BCUT2D eigenvalue weighted by molar-refractivity contribution is 0.0699. The summed E-state index contributed by atoms with van der Waals surface area (Å²) in [5.74, 6) is 0.735. The summed E-state index contributed by atoms with van der Waals surface area (Å²) >= 11 is 0. The molecule has 106 valence electrons. The average Bonchev–Trinajstić information content (AvgIpc) is 3.00. The van der Waals surface area contributed by atoms with Gasteiger partial charge in [-0.05, 0) is 42.5 Å². The lowest BCUT2D eigenvalue weighted by Gasteiger charge is -2.22. The summed E-state index contributed by atoms with van der Waals surface area (Å²) in [5.41, 5.74) is 2.46. The molecule has 0 atom stereocenters. The quantitative estimate of drug-likeness (QED) is 0.909. The van der Waals surface area contributed by atoms with Crippen molar-refractivity contribution in [1.82, 2.24) is 9.78 Å². The molecule has 0 unspecified atom stereocenters. The van der Waals surface area contributed by atoms with Crippen LogP contribution >= 0.6 is 0 Å². The Morgan fingerprint density at radius 3 is 2.95 bits per heavy atom. The minimum atomic E-state index is 0.735. The zero-order valence-electron chi connectivity index (χ0n) is 11.7. The van der Waals surface area contributed by atoms with Crippen LogP contribution in [0.15, 0.2) is 42.7 Å². The molecule has 1 aromatic heterocycles. The van der Waals surface area contributed by atoms with E-state index < -0.39 is 0 Å². The molecule has 1 aliphatic rings. The lowest BCUT2D eigenvalue weighted by Crippen LogP contribution is -2.22. The van der Waals surface area contributed by atoms with Gasteiger partial charge in [-0.2, -0.15) is 5.10 Å². The van der Waals surface area contributed by atoms with E-state index in [0.717, 1.165) is 32.2 Å². The highest BCUT2D eigenvalue weighted by atomic mass is 16.5. The topological polar surface area (TPSA) is 39.1 Å². The van der Waals surface area contributed by atoms with Gasteiger partial charge in [0.05, 0.1) is 6.54 Å². The molecule has 0 aliphatic carbocycles. The number of benzene rings is 1. The van der Waals surface area contributed by atoms with Gasteiger partial charge in [0.15, 0.2) is 0 Å². The van der Waals surface area contributed by atoms with E-state index in [-0.39, 0.29) is 0 Å². The first-order chi connectivity index (χ1) is 9.90. The van der Waals surface area contributed by atoms with Crippen molar-refractivity contribution in [3.05, 3.63) is 48.3 Å². The summed E-state index contributed by atoms with van der Waals surface area (Å²) in [6, 6.07) is 10.5. The molecule has 2 aromatic rings. The van der Waals surface area contributed by atoms with E-state index in [1.54, 1.807) is 0 Å². The summed E-state index contributed by atoms with van der Waals surface area (Å²) in [4.78, 5) is 0. The van der Waals surface area contributed by atoms with E-state index in [1.807, 2.05) is 23.1 Å². The minimum absolute atomic E-state index is 0.735. The Morgan fingerprint density at radius 2 is 2.15 bits per heavy atom. The van der Waals surface area contributed by atoms with E-state index in [9.17, 15) is 0 Å². The van der Waals surface area contributed by atoms with Gasteiger partial charge in [-0.3, -0.25) is 4.68 Å².